The Labute approximate surface area is 354 Å². The third-order valence-corrected chi connectivity index (χ3v) is 12.4. The molecular weight excluding hydrogens is 743 g/mol. The Bertz CT molecular complexity index is 3310. The molecule has 0 saturated heterocycles. The van der Waals surface area contributed by atoms with Gasteiger partial charge in [-0.25, -0.2) is 4.98 Å². The predicted molar refractivity (Wildman–Crippen MR) is 253 cm³/mol. The molecule has 1 aromatic heterocycles. The largest absolute Gasteiger partial charge is 0.436 e. The van der Waals surface area contributed by atoms with Crippen molar-refractivity contribution in [3.8, 4) is 33.7 Å². The fourth-order valence-electron chi connectivity index (χ4n) is 9.48. The zero-order valence-electron chi connectivity index (χ0n) is 33.3. The number of para-hydroxylation sites is 2. The Balaban J connectivity index is 0.949. The molecule has 0 amide bonds. The zero-order valence-corrected chi connectivity index (χ0v) is 33.3. The van der Waals surface area contributed by atoms with Gasteiger partial charge in [-0.2, -0.15) is 0 Å². The first-order chi connectivity index (χ1) is 30.2. The van der Waals surface area contributed by atoms with Crippen molar-refractivity contribution in [1.29, 1.82) is 0 Å². The molecule has 1 aliphatic carbocycles. The Morgan fingerprint density at radius 3 is 1.98 bits per heavy atom. The molecule has 0 radical (unpaired) electrons. The first kappa shape index (κ1) is 35.0. The summed E-state index contributed by atoms with van der Waals surface area (Å²) in [7, 11) is 0. The van der Waals surface area contributed by atoms with Crippen LogP contribution < -0.4 is 9.80 Å². The van der Waals surface area contributed by atoms with Crippen molar-refractivity contribution in [2.24, 2.45) is 0 Å². The average molecular weight is 782 g/mol. The second kappa shape index (κ2) is 14.4. The Morgan fingerprint density at radius 2 is 1.16 bits per heavy atom. The lowest BCUT2D eigenvalue weighted by molar-refractivity contribution is 0.620. The van der Waals surface area contributed by atoms with Crippen LogP contribution >= 0.6 is 0 Å². The molecule has 9 aromatic carbocycles. The van der Waals surface area contributed by atoms with Gasteiger partial charge >= 0.3 is 0 Å². The molecule has 0 N–H and O–H groups in total. The summed E-state index contributed by atoms with van der Waals surface area (Å²) in [6, 6.07) is 73.8. The smallest absolute Gasteiger partial charge is 0.227 e. The van der Waals surface area contributed by atoms with Gasteiger partial charge < -0.3 is 14.2 Å². The predicted octanol–water partition coefficient (Wildman–Crippen LogP) is 15.0. The maximum Gasteiger partial charge on any atom is 0.227 e. The SMILES string of the molecule is C1=CC2c3ccccc3N(c3ccccc3)C2C=C1N(c1ccc(-c2ccc3ccc4oc(-c5ccccc5)nc4c3c2)cc1)c1ccc(-c2cccc3ccccc23)cc1. The molecule has 0 fully saturated rings. The number of aromatic nitrogens is 1. The van der Waals surface area contributed by atoms with Crippen LogP contribution in [0.25, 0.3) is 66.4 Å². The number of oxazole rings is 1. The molecule has 288 valence electrons. The van der Waals surface area contributed by atoms with Crippen LogP contribution in [-0.2, 0) is 0 Å². The van der Waals surface area contributed by atoms with Gasteiger partial charge in [0.25, 0.3) is 0 Å². The fourth-order valence-corrected chi connectivity index (χ4v) is 9.48. The van der Waals surface area contributed by atoms with E-state index in [1.54, 1.807) is 0 Å². The van der Waals surface area contributed by atoms with Gasteiger partial charge in [0.1, 0.15) is 5.52 Å². The molecule has 4 heteroatoms. The molecule has 2 atom stereocenters. The third-order valence-electron chi connectivity index (χ3n) is 12.4. The Morgan fingerprint density at radius 1 is 0.508 bits per heavy atom. The molecule has 0 saturated carbocycles. The zero-order chi connectivity index (χ0) is 40.3. The highest BCUT2D eigenvalue weighted by atomic mass is 16.3. The topological polar surface area (TPSA) is 32.5 Å². The van der Waals surface area contributed by atoms with Crippen LogP contribution in [0.15, 0.2) is 235 Å². The number of hydrogen-bond acceptors (Lipinski definition) is 4. The monoisotopic (exact) mass is 781 g/mol. The molecule has 1 aliphatic heterocycles. The second-order valence-electron chi connectivity index (χ2n) is 15.9. The maximum atomic E-state index is 6.25. The van der Waals surface area contributed by atoms with Crippen LogP contribution in [0.3, 0.4) is 0 Å². The van der Waals surface area contributed by atoms with E-state index in [2.05, 4.69) is 198 Å². The van der Waals surface area contributed by atoms with Gasteiger partial charge in [0, 0.05) is 45.3 Å². The molecule has 4 nitrogen and oxygen atoms in total. The molecule has 2 aliphatic rings. The van der Waals surface area contributed by atoms with Gasteiger partial charge in [-0.1, -0.05) is 146 Å². The minimum atomic E-state index is 0.116. The number of fused-ring (bicyclic) bond motifs is 7. The van der Waals surface area contributed by atoms with Crippen LogP contribution in [0.4, 0.5) is 22.7 Å². The van der Waals surface area contributed by atoms with Crippen LogP contribution in [-0.4, -0.2) is 11.0 Å². The number of allylic oxidation sites excluding steroid dienone is 1. The summed E-state index contributed by atoms with van der Waals surface area (Å²) in [5, 5.41) is 4.70. The summed E-state index contributed by atoms with van der Waals surface area (Å²) in [4.78, 5) is 9.89. The van der Waals surface area contributed by atoms with Crippen LogP contribution in [0.1, 0.15) is 11.5 Å². The van der Waals surface area contributed by atoms with E-state index in [4.69, 9.17) is 9.40 Å². The van der Waals surface area contributed by atoms with E-state index in [1.165, 1.54) is 38.8 Å². The van der Waals surface area contributed by atoms with Crippen molar-refractivity contribution in [3.63, 3.8) is 0 Å². The van der Waals surface area contributed by atoms with Crippen molar-refractivity contribution >= 4 is 55.4 Å². The van der Waals surface area contributed by atoms with Crippen molar-refractivity contribution in [1.82, 2.24) is 4.98 Å². The highest BCUT2D eigenvalue weighted by Crippen LogP contribution is 2.49. The summed E-state index contributed by atoms with van der Waals surface area (Å²) >= 11 is 0. The highest BCUT2D eigenvalue weighted by molar-refractivity contribution is 6.05. The number of anilines is 4. The number of hydrogen-bond donors (Lipinski definition) is 0. The highest BCUT2D eigenvalue weighted by Gasteiger charge is 2.39. The van der Waals surface area contributed by atoms with Crippen molar-refractivity contribution in [3.05, 3.63) is 236 Å². The normalized spacial score (nSPS) is 15.5. The maximum absolute atomic E-state index is 6.25. The molecule has 12 rings (SSSR count). The van der Waals surface area contributed by atoms with E-state index in [9.17, 15) is 0 Å². The third kappa shape index (κ3) is 6.03. The standard InChI is InChI=1S/C57H39N3O/c1-3-13-42(14-4-1)57-58-56-52-36-43(23-22-41(52)28-35-55(56)61-57)38-24-29-45(30-25-38)59(46-31-26-40(27-32-46)49-20-11-15-39-12-7-8-18-48(39)49)47-33-34-51-50-19-9-10-21-53(50)60(54(51)37-47)44-16-5-2-6-17-44/h1-37,51,54H. The number of benzene rings is 9. The summed E-state index contributed by atoms with van der Waals surface area (Å²) in [5.41, 5.74) is 14.4. The Kier molecular flexibility index (Phi) is 8.27. The molecule has 10 aromatic rings. The summed E-state index contributed by atoms with van der Waals surface area (Å²) in [5.74, 6) is 0.875. The fraction of sp³-hybridized carbons (Fsp3) is 0.0351. The molecule has 2 unspecified atom stereocenters. The van der Waals surface area contributed by atoms with E-state index in [0.717, 1.165) is 55.6 Å². The lowest BCUT2D eigenvalue weighted by atomic mass is 9.89. The minimum absolute atomic E-state index is 0.116. The number of nitrogens with zero attached hydrogens (tertiary/aromatic N) is 3. The van der Waals surface area contributed by atoms with E-state index in [1.807, 2.05) is 36.4 Å². The van der Waals surface area contributed by atoms with E-state index < -0.39 is 0 Å². The van der Waals surface area contributed by atoms with Crippen molar-refractivity contribution < 1.29 is 4.42 Å². The molecule has 0 spiro atoms. The lowest BCUT2D eigenvalue weighted by Gasteiger charge is -2.34. The first-order valence-electron chi connectivity index (χ1n) is 20.9. The molecule has 61 heavy (non-hydrogen) atoms. The summed E-state index contributed by atoms with van der Waals surface area (Å²) in [6.07, 6.45) is 7.17. The van der Waals surface area contributed by atoms with E-state index in [-0.39, 0.29) is 12.0 Å². The van der Waals surface area contributed by atoms with Gasteiger partial charge in [-0.15, -0.1) is 0 Å². The van der Waals surface area contributed by atoms with Gasteiger partial charge in [-0.05, 0) is 123 Å². The van der Waals surface area contributed by atoms with Gasteiger partial charge in [0.2, 0.25) is 5.89 Å². The lowest BCUT2D eigenvalue weighted by Crippen LogP contribution is -2.31. The quantitative estimate of drug-likeness (QED) is 0.161. The van der Waals surface area contributed by atoms with Crippen LogP contribution in [0.2, 0.25) is 0 Å². The average Bonchev–Trinajstić information content (AvgIpc) is 3.92. The van der Waals surface area contributed by atoms with E-state index in [0.29, 0.717) is 5.89 Å². The molecular formula is C57H39N3O. The Hall–Kier alpha value is -7.95. The van der Waals surface area contributed by atoms with Crippen molar-refractivity contribution in [2.45, 2.75) is 12.0 Å². The second-order valence-corrected chi connectivity index (χ2v) is 15.9. The van der Waals surface area contributed by atoms with Gasteiger partial charge in [-0.3, -0.25) is 0 Å². The van der Waals surface area contributed by atoms with Crippen molar-refractivity contribution in [2.75, 3.05) is 9.80 Å². The van der Waals surface area contributed by atoms with E-state index >= 15 is 0 Å². The molecule has 0 bridgehead atoms. The minimum Gasteiger partial charge on any atom is -0.436 e. The van der Waals surface area contributed by atoms with Crippen LogP contribution in [0, 0.1) is 0 Å². The first-order valence-corrected chi connectivity index (χ1v) is 20.9. The molecule has 2 heterocycles. The number of rotatable bonds is 7. The van der Waals surface area contributed by atoms with Crippen LogP contribution in [0.5, 0.6) is 0 Å². The van der Waals surface area contributed by atoms with Gasteiger partial charge in [0.05, 0.1) is 6.04 Å². The summed E-state index contributed by atoms with van der Waals surface area (Å²) < 4.78 is 6.25. The van der Waals surface area contributed by atoms with Gasteiger partial charge in [0.15, 0.2) is 5.58 Å². The summed E-state index contributed by atoms with van der Waals surface area (Å²) in [6.45, 7) is 0.